The van der Waals surface area contributed by atoms with E-state index in [2.05, 4.69) is 9.71 Å². The molecule has 0 spiro atoms. The highest BCUT2D eigenvalue weighted by Gasteiger charge is 2.25. The van der Waals surface area contributed by atoms with Crippen LogP contribution in [-0.2, 0) is 27.7 Å². The Morgan fingerprint density at radius 3 is 2.90 bits per heavy atom. The number of carbonyl (C=O) groups is 1. The Bertz CT molecular complexity index is 1020. The first kappa shape index (κ1) is 20.0. The van der Waals surface area contributed by atoms with Gasteiger partial charge < -0.3 is 9.64 Å². The van der Waals surface area contributed by atoms with Crippen LogP contribution in [0.4, 0.5) is 0 Å². The molecule has 0 aliphatic carbocycles. The standard InChI is InChI=1S/C21H25N3O4S/c1-15-9-18(12-22-11-15)21(25)24-7-6-16-10-20(5-4-17(16)14-24)29(26,27)23-13-19-3-2-8-28-19/h4-5,9-12,19,23H,2-3,6-8,13-14H2,1H3/t19-/m0/s1. The number of fused-ring (bicyclic) bond motifs is 1. The lowest BCUT2D eigenvalue weighted by Gasteiger charge is -2.29. The third-order valence-corrected chi connectivity index (χ3v) is 6.86. The van der Waals surface area contributed by atoms with Gasteiger partial charge in [0.2, 0.25) is 10.0 Å². The third-order valence-electron chi connectivity index (χ3n) is 5.43. The van der Waals surface area contributed by atoms with Crippen molar-refractivity contribution < 1.29 is 17.9 Å². The number of pyridine rings is 1. The molecule has 0 saturated carbocycles. The van der Waals surface area contributed by atoms with Crippen LogP contribution in [0, 0.1) is 6.92 Å². The summed E-state index contributed by atoms with van der Waals surface area (Å²) in [5.41, 5.74) is 3.46. The van der Waals surface area contributed by atoms with Crippen molar-refractivity contribution >= 4 is 15.9 Å². The lowest BCUT2D eigenvalue weighted by Crippen LogP contribution is -2.36. The summed E-state index contributed by atoms with van der Waals surface area (Å²) in [7, 11) is -3.58. The normalized spacial score (nSPS) is 19.2. The van der Waals surface area contributed by atoms with Gasteiger partial charge in [0, 0.05) is 38.6 Å². The second-order valence-corrected chi connectivity index (χ2v) is 9.41. The summed E-state index contributed by atoms with van der Waals surface area (Å²) in [6.45, 7) is 3.91. The average molecular weight is 416 g/mol. The molecule has 2 aliphatic rings. The molecule has 3 heterocycles. The van der Waals surface area contributed by atoms with Crippen LogP contribution in [-0.4, -0.2) is 50.0 Å². The van der Waals surface area contributed by atoms with E-state index in [-0.39, 0.29) is 16.9 Å². The number of ether oxygens (including phenoxy) is 1. The molecule has 154 valence electrons. The number of amides is 1. The highest BCUT2D eigenvalue weighted by Crippen LogP contribution is 2.24. The second kappa shape index (κ2) is 8.22. The Labute approximate surface area is 171 Å². The number of hydrogen-bond acceptors (Lipinski definition) is 5. The first-order valence-corrected chi connectivity index (χ1v) is 11.3. The minimum absolute atomic E-state index is 0.0434. The summed E-state index contributed by atoms with van der Waals surface area (Å²) in [4.78, 5) is 18.9. The number of sulfonamides is 1. The van der Waals surface area contributed by atoms with Crippen LogP contribution in [0.2, 0.25) is 0 Å². The molecule has 1 saturated heterocycles. The summed E-state index contributed by atoms with van der Waals surface area (Å²) in [6, 6.07) is 6.98. The Morgan fingerprint density at radius 1 is 1.28 bits per heavy atom. The van der Waals surface area contributed by atoms with Crippen molar-refractivity contribution in [1.82, 2.24) is 14.6 Å². The Balaban J connectivity index is 1.46. The van der Waals surface area contributed by atoms with Gasteiger partial charge in [-0.25, -0.2) is 13.1 Å². The number of hydrogen-bond donors (Lipinski definition) is 1. The summed E-state index contributed by atoms with van der Waals surface area (Å²) >= 11 is 0. The first-order chi connectivity index (χ1) is 13.9. The van der Waals surface area contributed by atoms with E-state index in [1.807, 2.05) is 19.1 Å². The van der Waals surface area contributed by atoms with Crippen molar-refractivity contribution in [3.8, 4) is 0 Å². The quantitative estimate of drug-likeness (QED) is 0.807. The molecule has 1 N–H and O–H groups in total. The van der Waals surface area contributed by atoms with E-state index in [9.17, 15) is 13.2 Å². The summed E-state index contributed by atoms with van der Waals surface area (Å²) < 4.78 is 33.4. The molecule has 0 bridgehead atoms. The molecule has 0 unspecified atom stereocenters. The van der Waals surface area contributed by atoms with Gasteiger partial charge in [0.15, 0.2) is 0 Å². The van der Waals surface area contributed by atoms with Crippen molar-refractivity contribution in [2.75, 3.05) is 19.7 Å². The van der Waals surface area contributed by atoms with Gasteiger partial charge in [-0.15, -0.1) is 0 Å². The van der Waals surface area contributed by atoms with E-state index in [0.717, 1.165) is 29.5 Å². The van der Waals surface area contributed by atoms with Crippen molar-refractivity contribution in [3.63, 3.8) is 0 Å². The van der Waals surface area contributed by atoms with E-state index >= 15 is 0 Å². The number of nitrogens with zero attached hydrogens (tertiary/aromatic N) is 2. The molecule has 1 fully saturated rings. The van der Waals surface area contributed by atoms with Crippen LogP contribution in [0.25, 0.3) is 0 Å². The highest BCUT2D eigenvalue weighted by molar-refractivity contribution is 7.89. The molecule has 2 aromatic rings. The van der Waals surface area contributed by atoms with Gasteiger partial charge in [0.25, 0.3) is 5.91 Å². The number of aromatic nitrogens is 1. The van der Waals surface area contributed by atoms with Gasteiger partial charge in [-0.3, -0.25) is 9.78 Å². The van der Waals surface area contributed by atoms with Gasteiger partial charge in [-0.1, -0.05) is 6.07 Å². The van der Waals surface area contributed by atoms with Gasteiger partial charge >= 0.3 is 0 Å². The van der Waals surface area contributed by atoms with E-state index in [1.54, 1.807) is 29.4 Å². The van der Waals surface area contributed by atoms with Crippen molar-refractivity contribution in [1.29, 1.82) is 0 Å². The van der Waals surface area contributed by atoms with Gasteiger partial charge in [-0.2, -0.15) is 0 Å². The minimum Gasteiger partial charge on any atom is -0.377 e. The number of nitrogens with one attached hydrogen (secondary N) is 1. The Kier molecular flexibility index (Phi) is 5.67. The van der Waals surface area contributed by atoms with Crippen LogP contribution in [0.5, 0.6) is 0 Å². The number of carbonyl (C=O) groups excluding carboxylic acids is 1. The molecule has 1 aromatic heterocycles. The molecule has 4 rings (SSSR count). The third kappa shape index (κ3) is 4.49. The van der Waals surface area contributed by atoms with E-state index < -0.39 is 10.0 Å². The van der Waals surface area contributed by atoms with Crippen LogP contribution in [0.3, 0.4) is 0 Å². The molecular formula is C21H25N3O4S. The van der Waals surface area contributed by atoms with Crippen molar-refractivity contribution in [2.24, 2.45) is 0 Å². The maximum Gasteiger partial charge on any atom is 0.255 e. The molecule has 0 radical (unpaired) electrons. The maximum absolute atomic E-state index is 12.8. The fraction of sp³-hybridized carbons (Fsp3) is 0.429. The zero-order valence-electron chi connectivity index (χ0n) is 16.4. The fourth-order valence-electron chi connectivity index (χ4n) is 3.82. The smallest absolute Gasteiger partial charge is 0.255 e. The number of aryl methyl sites for hydroxylation is 1. The van der Waals surface area contributed by atoms with Crippen LogP contribution < -0.4 is 4.72 Å². The van der Waals surface area contributed by atoms with E-state index in [1.165, 1.54) is 0 Å². The molecule has 29 heavy (non-hydrogen) atoms. The van der Waals surface area contributed by atoms with Crippen LogP contribution in [0.15, 0.2) is 41.6 Å². The predicted octanol–water partition coefficient (Wildman–Crippen LogP) is 2.05. The predicted molar refractivity (Wildman–Crippen MR) is 108 cm³/mol. The lowest BCUT2D eigenvalue weighted by molar-refractivity contribution is 0.0734. The average Bonchev–Trinajstić information content (AvgIpc) is 3.25. The Morgan fingerprint density at radius 2 is 2.14 bits per heavy atom. The number of rotatable bonds is 5. The summed E-state index contributed by atoms with van der Waals surface area (Å²) in [5, 5.41) is 0. The second-order valence-electron chi connectivity index (χ2n) is 7.65. The topological polar surface area (TPSA) is 88.6 Å². The maximum atomic E-state index is 12.8. The zero-order valence-corrected chi connectivity index (χ0v) is 17.2. The molecule has 8 heteroatoms. The minimum atomic E-state index is -3.58. The molecule has 1 amide bonds. The Hall–Kier alpha value is -2.29. The van der Waals surface area contributed by atoms with E-state index in [0.29, 0.717) is 38.2 Å². The molecule has 2 aliphatic heterocycles. The molecular weight excluding hydrogens is 390 g/mol. The zero-order chi connectivity index (χ0) is 20.4. The molecule has 1 atom stereocenters. The van der Waals surface area contributed by atoms with Crippen molar-refractivity contribution in [3.05, 3.63) is 58.9 Å². The highest BCUT2D eigenvalue weighted by atomic mass is 32.2. The summed E-state index contributed by atoms with van der Waals surface area (Å²) in [5.74, 6) is -0.0539. The van der Waals surface area contributed by atoms with Crippen LogP contribution in [0.1, 0.15) is 39.9 Å². The number of benzene rings is 1. The summed E-state index contributed by atoms with van der Waals surface area (Å²) in [6.07, 6.45) is 5.73. The van der Waals surface area contributed by atoms with Gasteiger partial charge in [0.1, 0.15) is 0 Å². The van der Waals surface area contributed by atoms with Crippen LogP contribution >= 0.6 is 0 Å². The lowest BCUT2D eigenvalue weighted by atomic mass is 9.99. The fourth-order valence-corrected chi connectivity index (χ4v) is 4.93. The SMILES string of the molecule is Cc1cncc(C(=O)N2CCc3cc(S(=O)(=O)NC[C@@H]4CCCO4)ccc3C2)c1. The monoisotopic (exact) mass is 415 g/mol. The molecule has 1 aromatic carbocycles. The molecule has 7 nitrogen and oxygen atoms in total. The van der Waals surface area contributed by atoms with Gasteiger partial charge in [0.05, 0.1) is 16.6 Å². The van der Waals surface area contributed by atoms with E-state index in [4.69, 9.17) is 4.74 Å². The first-order valence-electron chi connectivity index (χ1n) is 9.86. The van der Waals surface area contributed by atoms with Crippen molar-refractivity contribution in [2.45, 2.75) is 43.7 Å². The largest absolute Gasteiger partial charge is 0.377 e. The van der Waals surface area contributed by atoms with Gasteiger partial charge in [-0.05, 0) is 61.1 Å².